The van der Waals surface area contributed by atoms with E-state index >= 15 is 0 Å². The van der Waals surface area contributed by atoms with Gasteiger partial charge in [0.05, 0.1) is 24.4 Å². The number of carbonyl (C=O) groups is 1. The molecule has 5 nitrogen and oxygen atoms in total. The second-order valence-corrected chi connectivity index (χ2v) is 5.19. The smallest absolute Gasteiger partial charge is 0.256 e. The van der Waals surface area contributed by atoms with Crippen molar-refractivity contribution in [2.75, 3.05) is 25.5 Å². The van der Waals surface area contributed by atoms with Crippen molar-refractivity contribution >= 4 is 11.6 Å². The van der Waals surface area contributed by atoms with E-state index in [2.05, 4.69) is 11.4 Å². The van der Waals surface area contributed by atoms with Crippen LogP contribution in [-0.4, -0.2) is 42.2 Å². The molecule has 1 atom stereocenters. The molecule has 0 aliphatic carbocycles. The topological polar surface area (TPSA) is 61.8 Å². The maximum absolute atomic E-state index is 12.7. The number of hydrogen-bond acceptors (Lipinski definition) is 4. The van der Waals surface area contributed by atoms with Crippen molar-refractivity contribution in [3.63, 3.8) is 0 Å². The molecule has 3 rings (SSSR count). The number of methoxy groups -OCH3 is 1. The third kappa shape index (κ3) is 1.90. The van der Waals surface area contributed by atoms with Gasteiger partial charge >= 0.3 is 0 Å². The highest BCUT2D eigenvalue weighted by Crippen LogP contribution is 2.36. The molecule has 1 saturated heterocycles. The monoisotopic (exact) mass is 274 g/mol. The SMILES string of the molecule is C/C=C1\CC2CNc3cc(O)c(OC)cc3C(=O)N2C1. The first-order chi connectivity index (χ1) is 9.63. The molecule has 1 fully saturated rings. The van der Waals surface area contributed by atoms with E-state index in [1.165, 1.54) is 12.7 Å². The fourth-order valence-electron chi connectivity index (χ4n) is 2.89. The molecule has 0 aromatic heterocycles. The van der Waals surface area contributed by atoms with E-state index in [9.17, 15) is 9.90 Å². The van der Waals surface area contributed by atoms with E-state index < -0.39 is 0 Å². The molecule has 2 N–H and O–H groups in total. The number of phenolic OH excluding ortho intramolecular Hbond substituents is 1. The number of amides is 1. The highest BCUT2D eigenvalue weighted by Gasteiger charge is 2.35. The van der Waals surface area contributed by atoms with Gasteiger partial charge in [-0.2, -0.15) is 0 Å². The summed E-state index contributed by atoms with van der Waals surface area (Å²) in [5.74, 6) is 0.357. The maximum Gasteiger partial charge on any atom is 0.256 e. The summed E-state index contributed by atoms with van der Waals surface area (Å²) in [6, 6.07) is 3.34. The zero-order chi connectivity index (χ0) is 14.3. The summed E-state index contributed by atoms with van der Waals surface area (Å²) in [7, 11) is 1.48. The molecule has 2 aliphatic heterocycles. The molecular formula is C15H18N2O3. The molecule has 2 aliphatic rings. The normalized spacial score (nSPS) is 23.1. The van der Waals surface area contributed by atoms with Crippen LogP contribution in [0.1, 0.15) is 23.7 Å². The lowest BCUT2D eigenvalue weighted by molar-refractivity contribution is 0.0752. The summed E-state index contributed by atoms with van der Waals surface area (Å²) in [5, 5.41) is 13.1. The first kappa shape index (κ1) is 12.8. The average Bonchev–Trinajstić information content (AvgIpc) is 2.83. The molecule has 20 heavy (non-hydrogen) atoms. The van der Waals surface area contributed by atoms with Crippen molar-refractivity contribution in [1.82, 2.24) is 4.90 Å². The molecule has 1 amide bonds. The Bertz CT molecular complexity index is 595. The number of rotatable bonds is 1. The Balaban J connectivity index is 2.02. The molecule has 1 aromatic rings. The molecule has 0 spiro atoms. The minimum Gasteiger partial charge on any atom is -0.504 e. The molecule has 2 heterocycles. The molecule has 0 bridgehead atoms. The van der Waals surface area contributed by atoms with E-state index in [-0.39, 0.29) is 17.7 Å². The lowest BCUT2D eigenvalue weighted by atomic mass is 10.1. The van der Waals surface area contributed by atoms with Gasteiger partial charge in [-0.25, -0.2) is 0 Å². The Morgan fingerprint density at radius 3 is 3.00 bits per heavy atom. The lowest BCUT2D eigenvalue weighted by Crippen LogP contribution is -2.36. The molecule has 5 heteroatoms. The summed E-state index contributed by atoms with van der Waals surface area (Å²) in [4.78, 5) is 14.6. The van der Waals surface area contributed by atoms with Crippen LogP contribution in [0.25, 0.3) is 0 Å². The van der Waals surface area contributed by atoms with Crippen LogP contribution in [0.2, 0.25) is 0 Å². The Labute approximate surface area is 117 Å². The van der Waals surface area contributed by atoms with Crippen molar-refractivity contribution in [1.29, 1.82) is 0 Å². The van der Waals surface area contributed by atoms with Gasteiger partial charge in [0.1, 0.15) is 0 Å². The second-order valence-electron chi connectivity index (χ2n) is 5.19. The zero-order valence-corrected chi connectivity index (χ0v) is 11.6. The largest absolute Gasteiger partial charge is 0.504 e. The van der Waals surface area contributed by atoms with Crippen LogP contribution in [0.5, 0.6) is 11.5 Å². The molecular weight excluding hydrogens is 256 g/mol. The standard InChI is InChI=1S/C15H18N2O3/c1-3-9-4-10-7-16-12-6-13(18)14(20-2)5-11(12)15(19)17(10)8-9/h3,5-6,10,16,18H,4,7-8H2,1-2H3/b9-3+. The number of anilines is 1. The van der Waals surface area contributed by atoms with Gasteiger partial charge in [-0.05, 0) is 19.4 Å². The Morgan fingerprint density at radius 2 is 2.30 bits per heavy atom. The number of ether oxygens (including phenoxy) is 1. The summed E-state index contributed by atoms with van der Waals surface area (Å²) in [6.45, 7) is 3.39. The maximum atomic E-state index is 12.7. The highest BCUT2D eigenvalue weighted by atomic mass is 16.5. The van der Waals surface area contributed by atoms with Gasteiger partial charge in [0, 0.05) is 19.2 Å². The molecule has 0 radical (unpaired) electrons. The van der Waals surface area contributed by atoms with Crippen molar-refractivity contribution in [2.45, 2.75) is 19.4 Å². The second kappa shape index (κ2) is 4.74. The average molecular weight is 274 g/mol. The van der Waals surface area contributed by atoms with E-state index in [0.717, 1.165) is 6.42 Å². The van der Waals surface area contributed by atoms with E-state index in [1.54, 1.807) is 12.1 Å². The van der Waals surface area contributed by atoms with Crippen LogP contribution in [0.4, 0.5) is 5.69 Å². The number of nitrogens with one attached hydrogen (secondary N) is 1. The number of aromatic hydroxyl groups is 1. The van der Waals surface area contributed by atoms with E-state index in [1.807, 2.05) is 11.8 Å². The minimum atomic E-state index is -0.00912. The summed E-state index contributed by atoms with van der Waals surface area (Å²) < 4.78 is 5.09. The predicted molar refractivity (Wildman–Crippen MR) is 76.3 cm³/mol. The summed E-state index contributed by atoms with van der Waals surface area (Å²) in [6.07, 6.45) is 2.99. The van der Waals surface area contributed by atoms with Gasteiger partial charge in [-0.15, -0.1) is 0 Å². The van der Waals surface area contributed by atoms with Crippen molar-refractivity contribution in [2.24, 2.45) is 0 Å². The highest BCUT2D eigenvalue weighted by molar-refractivity contribution is 6.01. The van der Waals surface area contributed by atoms with Gasteiger partial charge in [-0.1, -0.05) is 11.6 Å². The molecule has 0 saturated carbocycles. The zero-order valence-electron chi connectivity index (χ0n) is 11.6. The van der Waals surface area contributed by atoms with Crippen LogP contribution in [0.3, 0.4) is 0 Å². The number of carbonyl (C=O) groups excluding carboxylic acids is 1. The third-order valence-corrected chi connectivity index (χ3v) is 4.06. The van der Waals surface area contributed by atoms with Crippen molar-refractivity contribution in [3.8, 4) is 11.5 Å². The van der Waals surface area contributed by atoms with Crippen molar-refractivity contribution in [3.05, 3.63) is 29.3 Å². The quantitative estimate of drug-likeness (QED) is 0.769. The van der Waals surface area contributed by atoms with Gasteiger partial charge < -0.3 is 20.1 Å². The number of phenols is 1. The number of allylic oxidation sites excluding steroid dienone is 1. The van der Waals surface area contributed by atoms with Crippen LogP contribution >= 0.6 is 0 Å². The van der Waals surface area contributed by atoms with Crippen LogP contribution in [0, 0.1) is 0 Å². The van der Waals surface area contributed by atoms with Crippen LogP contribution in [0.15, 0.2) is 23.8 Å². The predicted octanol–water partition coefficient (Wildman–Crippen LogP) is 1.99. The summed E-state index contributed by atoms with van der Waals surface area (Å²) in [5.41, 5.74) is 2.52. The third-order valence-electron chi connectivity index (χ3n) is 4.06. The minimum absolute atomic E-state index is 0.00912. The Hall–Kier alpha value is -2.17. The first-order valence-electron chi connectivity index (χ1n) is 6.74. The van der Waals surface area contributed by atoms with Gasteiger partial charge in [-0.3, -0.25) is 4.79 Å². The molecule has 106 valence electrons. The lowest BCUT2D eigenvalue weighted by Gasteiger charge is -2.20. The fourth-order valence-corrected chi connectivity index (χ4v) is 2.89. The van der Waals surface area contributed by atoms with Gasteiger partial charge in [0.15, 0.2) is 11.5 Å². The van der Waals surface area contributed by atoms with Crippen LogP contribution in [-0.2, 0) is 0 Å². The van der Waals surface area contributed by atoms with Gasteiger partial charge in [0.2, 0.25) is 0 Å². The number of hydrogen-bond donors (Lipinski definition) is 2. The Kier molecular flexibility index (Phi) is 3.04. The van der Waals surface area contributed by atoms with E-state index in [0.29, 0.717) is 30.1 Å². The summed E-state index contributed by atoms with van der Waals surface area (Å²) >= 11 is 0. The van der Waals surface area contributed by atoms with Gasteiger partial charge in [0.25, 0.3) is 5.91 Å². The van der Waals surface area contributed by atoms with Crippen molar-refractivity contribution < 1.29 is 14.6 Å². The Morgan fingerprint density at radius 1 is 1.50 bits per heavy atom. The fraction of sp³-hybridized carbons (Fsp3) is 0.400. The first-order valence-corrected chi connectivity index (χ1v) is 6.74. The molecule has 1 unspecified atom stereocenters. The number of fused-ring (bicyclic) bond motifs is 2. The number of nitrogens with zero attached hydrogens (tertiary/aromatic N) is 1. The van der Waals surface area contributed by atoms with Crippen LogP contribution < -0.4 is 10.1 Å². The molecule has 1 aromatic carbocycles. The number of benzene rings is 1. The van der Waals surface area contributed by atoms with E-state index in [4.69, 9.17) is 4.74 Å².